The van der Waals surface area contributed by atoms with E-state index >= 15 is 0 Å². The summed E-state index contributed by atoms with van der Waals surface area (Å²) in [6, 6.07) is 0.383. The average molecular weight is 159 g/mol. The van der Waals surface area contributed by atoms with Crippen molar-refractivity contribution in [3.8, 4) is 0 Å². The second-order valence-corrected chi connectivity index (χ2v) is 3.94. The molecule has 0 aromatic carbocycles. The summed E-state index contributed by atoms with van der Waals surface area (Å²) in [6.07, 6.45) is 13.3. The Labute approximate surface area is 72.1 Å². The maximum absolute atomic E-state index is 4.00. The van der Waals surface area contributed by atoms with E-state index < -0.39 is 0 Å². The van der Waals surface area contributed by atoms with Crippen molar-refractivity contribution in [1.82, 2.24) is 5.32 Å². The van der Waals surface area contributed by atoms with Gasteiger partial charge in [0.05, 0.1) is 18.6 Å². The lowest BCUT2D eigenvalue weighted by molar-refractivity contribution is 0.570. The first-order valence-corrected chi connectivity index (χ1v) is 4.47. The third-order valence-corrected chi connectivity index (χ3v) is 2.98. The molecule has 1 N–H and O–H groups in total. The zero-order valence-corrected chi connectivity index (χ0v) is 6.88. The number of nitrogens with zero attached hydrogens (tertiary/aromatic N) is 1. The minimum absolute atomic E-state index is 0.383. The Hall–Kier alpha value is -1.05. The van der Waals surface area contributed by atoms with Gasteiger partial charge in [0, 0.05) is 0 Å². The van der Waals surface area contributed by atoms with Crippen LogP contribution >= 0.6 is 0 Å². The van der Waals surface area contributed by atoms with E-state index in [-0.39, 0.29) is 0 Å². The van der Waals surface area contributed by atoms with Gasteiger partial charge < -0.3 is 5.32 Å². The molecule has 3 aliphatic rings. The monoisotopic (exact) mass is 159 g/mol. The van der Waals surface area contributed by atoms with Crippen LogP contribution in [0.4, 0.5) is 0 Å². The van der Waals surface area contributed by atoms with Crippen LogP contribution in [0.25, 0.3) is 0 Å². The molecule has 0 aromatic rings. The van der Waals surface area contributed by atoms with Gasteiger partial charge in [-0.2, -0.15) is 0 Å². The SMILES string of the molecule is [C]1=C2CC3(C=CC2NC=N1)CC3. The van der Waals surface area contributed by atoms with Gasteiger partial charge in [0.15, 0.2) is 0 Å². The van der Waals surface area contributed by atoms with E-state index in [0.717, 1.165) is 0 Å². The van der Waals surface area contributed by atoms with Crippen molar-refractivity contribution in [1.29, 1.82) is 0 Å². The molecular weight excluding hydrogens is 148 g/mol. The van der Waals surface area contributed by atoms with Crippen molar-refractivity contribution < 1.29 is 0 Å². The molecule has 12 heavy (non-hydrogen) atoms. The number of hydrogen-bond donors (Lipinski definition) is 1. The maximum Gasteiger partial charge on any atom is 0.0921 e. The molecule has 2 aliphatic carbocycles. The van der Waals surface area contributed by atoms with Crippen molar-refractivity contribution in [3.63, 3.8) is 0 Å². The van der Waals surface area contributed by atoms with Gasteiger partial charge in [0.2, 0.25) is 0 Å². The van der Waals surface area contributed by atoms with Crippen LogP contribution in [-0.2, 0) is 0 Å². The van der Waals surface area contributed by atoms with Gasteiger partial charge in [-0.25, -0.2) is 4.99 Å². The topological polar surface area (TPSA) is 24.4 Å². The smallest absolute Gasteiger partial charge is 0.0921 e. The molecule has 1 atom stereocenters. The Balaban J connectivity index is 1.96. The van der Waals surface area contributed by atoms with Crippen LogP contribution in [-0.4, -0.2) is 12.4 Å². The van der Waals surface area contributed by atoms with Crippen molar-refractivity contribution >= 4 is 6.34 Å². The fourth-order valence-electron chi connectivity index (χ4n) is 1.97. The molecule has 1 radical (unpaired) electrons. The van der Waals surface area contributed by atoms with Gasteiger partial charge in [-0.1, -0.05) is 12.2 Å². The third-order valence-electron chi connectivity index (χ3n) is 2.98. The van der Waals surface area contributed by atoms with Gasteiger partial charge in [0.1, 0.15) is 0 Å². The van der Waals surface area contributed by atoms with Crippen LogP contribution in [0.1, 0.15) is 19.3 Å². The summed E-state index contributed by atoms with van der Waals surface area (Å²) in [5, 5.41) is 3.21. The van der Waals surface area contributed by atoms with Gasteiger partial charge in [-0.3, -0.25) is 0 Å². The first-order valence-electron chi connectivity index (χ1n) is 4.47. The molecule has 1 unspecified atom stereocenters. The third kappa shape index (κ3) is 0.840. The highest BCUT2D eigenvalue weighted by Crippen LogP contribution is 2.54. The summed E-state index contributed by atoms with van der Waals surface area (Å²) in [5.74, 6) is 0. The van der Waals surface area contributed by atoms with Crippen molar-refractivity contribution in [3.05, 3.63) is 23.9 Å². The van der Waals surface area contributed by atoms with E-state index in [0.29, 0.717) is 11.5 Å². The van der Waals surface area contributed by atoms with Gasteiger partial charge in [-0.15, -0.1) is 0 Å². The average Bonchev–Trinajstić information content (AvgIpc) is 2.85. The highest BCUT2D eigenvalue weighted by molar-refractivity contribution is 5.59. The van der Waals surface area contributed by atoms with Gasteiger partial charge in [0.25, 0.3) is 0 Å². The predicted molar refractivity (Wildman–Crippen MR) is 47.6 cm³/mol. The number of fused-ring (bicyclic) bond motifs is 1. The van der Waals surface area contributed by atoms with Crippen LogP contribution in [0.15, 0.2) is 22.7 Å². The number of allylic oxidation sites excluding steroid dienone is 1. The van der Waals surface area contributed by atoms with Crippen LogP contribution in [0, 0.1) is 11.6 Å². The van der Waals surface area contributed by atoms with E-state index in [4.69, 9.17) is 0 Å². The number of nitrogens with one attached hydrogen (secondary N) is 1. The first-order chi connectivity index (χ1) is 5.88. The summed E-state index contributed by atoms with van der Waals surface area (Å²) >= 11 is 0. The van der Waals surface area contributed by atoms with E-state index in [1.165, 1.54) is 24.8 Å². The Morgan fingerprint density at radius 3 is 3.33 bits per heavy atom. The van der Waals surface area contributed by atoms with Crippen LogP contribution in [0.2, 0.25) is 0 Å². The molecule has 1 aliphatic heterocycles. The standard InChI is InChI=1S/C10H11N2/c1-2-10(3-4-10)5-8-6-11-7-12-9(1)8/h1-2,7,9H,3-5H2,(H,11,12). The fraction of sp³-hybridized carbons (Fsp3) is 0.500. The molecule has 0 bridgehead atoms. The molecule has 2 nitrogen and oxygen atoms in total. The molecule has 1 spiro atoms. The van der Waals surface area contributed by atoms with Crippen LogP contribution in [0.5, 0.6) is 0 Å². The van der Waals surface area contributed by atoms with Crippen molar-refractivity contribution in [2.75, 3.05) is 0 Å². The minimum atomic E-state index is 0.383. The van der Waals surface area contributed by atoms with Gasteiger partial charge in [-0.05, 0) is 30.3 Å². The highest BCUT2D eigenvalue weighted by atomic mass is 15.0. The van der Waals surface area contributed by atoms with Gasteiger partial charge >= 0.3 is 0 Å². The molecule has 1 fully saturated rings. The molecule has 1 saturated carbocycles. The van der Waals surface area contributed by atoms with Crippen molar-refractivity contribution in [2.45, 2.75) is 25.3 Å². The summed E-state index contributed by atoms with van der Waals surface area (Å²) in [5.41, 5.74) is 1.85. The van der Waals surface area contributed by atoms with E-state index in [2.05, 4.69) is 28.7 Å². The highest BCUT2D eigenvalue weighted by Gasteiger charge is 2.43. The Bertz CT molecular complexity index is 295. The summed E-state index contributed by atoms with van der Waals surface area (Å²) in [6.45, 7) is 0. The fourth-order valence-corrected chi connectivity index (χ4v) is 1.97. The Kier molecular flexibility index (Phi) is 1.08. The number of hydrogen-bond acceptors (Lipinski definition) is 2. The Morgan fingerprint density at radius 2 is 2.50 bits per heavy atom. The normalized spacial score (nSPS) is 34.0. The van der Waals surface area contributed by atoms with Crippen molar-refractivity contribution in [2.24, 2.45) is 10.4 Å². The molecule has 0 amide bonds. The zero-order chi connectivity index (χ0) is 8.02. The molecule has 1 heterocycles. The summed E-state index contributed by atoms with van der Waals surface area (Å²) in [7, 11) is 0. The minimum Gasteiger partial charge on any atom is -0.366 e. The van der Waals surface area contributed by atoms with Crippen LogP contribution < -0.4 is 5.32 Å². The van der Waals surface area contributed by atoms with E-state index in [1.54, 1.807) is 6.34 Å². The lowest BCUT2D eigenvalue weighted by Gasteiger charge is -2.26. The lowest BCUT2D eigenvalue weighted by atomic mass is 9.86. The first kappa shape index (κ1) is 6.46. The van der Waals surface area contributed by atoms with E-state index in [1.807, 2.05) is 0 Å². The quantitative estimate of drug-likeness (QED) is 0.531. The summed E-state index contributed by atoms with van der Waals surface area (Å²) in [4.78, 5) is 4.00. The van der Waals surface area contributed by atoms with Crippen LogP contribution in [0.3, 0.4) is 0 Å². The lowest BCUT2D eigenvalue weighted by Crippen LogP contribution is -2.33. The molecular formula is C10H11N2. The summed E-state index contributed by atoms with van der Waals surface area (Å²) < 4.78 is 0. The second-order valence-electron chi connectivity index (χ2n) is 3.94. The Morgan fingerprint density at radius 1 is 1.58 bits per heavy atom. The molecule has 2 heteroatoms. The maximum atomic E-state index is 4.00. The molecule has 61 valence electrons. The molecule has 0 aromatic heterocycles. The second kappa shape index (κ2) is 2.00. The molecule has 0 saturated heterocycles. The van der Waals surface area contributed by atoms with E-state index in [9.17, 15) is 0 Å². The number of aliphatic imine (C=N–C) groups is 1. The largest absolute Gasteiger partial charge is 0.366 e. The zero-order valence-electron chi connectivity index (χ0n) is 6.88. The predicted octanol–water partition coefficient (Wildman–Crippen LogP) is 1.41. The molecule has 3 rings (SSSR count). The number of rotatable bonds is 0.